The molecule has 3 aliphatic heterocycles. The van der Waals surface area contributed by atoms with Crippen LogP contribution >= 0.6 is 0 Å². The predicted octanol–water partition coefficient (Wildman–Crippen LogP) is 5.86. The first-order chi connectivity index (χ1) is 19.3. The third-order valence-electron chi connectivity index (χ3n) is 6.85. The first kappa shape index (κ1) is 25.9. The molecule has 10 heteroatoms. The van der Waals surface area contributed by atoms with E-state index in [0.717, 1.165) is 41.6 Å². The van der Waals surface area contributed by atoms with Gasteiger partial charge in [-0.15, -0.1) is 13.2 Å². The minimum Gasteiger partial charge on any atom is -0.406 e. The second kappa shape index (κ2) is 10.7. The Morgan fingerprint density at radius 3 is 2.67 bits per heavy atom. The molecular weight excluding hydrogens is 519 g/mol. The van der Waals surface area contributed by atoms with Gasteiger partial charge in [-0.2, -0.15) is 0 Å². The summed E-state index contributed by atoms with van der Waals surface area (Å²) in [6, 6.07) is 17.5. The van der Waals surface area contributed by atoms with E-state index in [2.05, 4.69) is 21.0 Å². The lowest BCUT2D eigenvalue weighted by Crippen LogP contribution is -2.24. The molecule has 0 atom stereocenters. The molecule has 1 saturated heterocycles. The number of anilines is 1. The van der Waals surface area contributed by atoms with E-state index in [9.17, 15) is 13.2 Å². The zero-order valence-corrected chi connectivity index (χ0v) is 21.9. The minimum atomic E-state index is -4.79. The van der Waals surface area contributed by atoms with Gasteiger partial charge in [0, 0.05) is 44.8 Å². The highest BCUT2D eigenvalue weighted by molar-refractivity contribution is 5.84. The summed E-state index contributed by atoms with van der Waals surface area (Å²) < 4.78 is 50.8. The van der Waals surface area contributed by atoms with Crippen LogP contribution in [0.15, 0.2) is 89.7 Å². The van der Waals surface area contributed by atoms with Crippen LogP contribution in [0.5, 0.6) is 5.75 Å². The van der Waals surface area contributed by atoms with E-state index in [0.29, 0.717) is 35.8 Å². The van der Waals surface area contributed by atoms with Crippen molar-refractivity contribution in [1.82, 2.24) is 14.5 Å². The van der Waals surface area contributed by atoms with Gasteiger partial charge in [-0.1, -0.05) is 24.3 Å². The molecule has 7 nitrogen and oxygen atoms in total. The number of nitrogens with zero attached hydrogens (tertiary/aromatic N) is 4. The van der Waals surface area contributed by atoms with E-state index in [1.54, 1.807) is 12.1 Å². The molecule has 2 aromatic rings. The standard InChI is InChI=1S/C30H28F3N5O2/c1-37-13-5-6-21(19-37)35-25-17-27-29(18-26(25)34-20-11-14-39-15-12-20)38(28-10-3-2-9-24(28)36-27)22-7-4-8-23(16-22)40-30(31,32)33/h2-10,16-20,35H,11-15H2,1H3. The van der Waals surface area contributed by atoms with Crippen LogP contribution in [0.2, 0.25) is 0 Å². The van der Waals surface area contributed by atoms with Crippen LogP contribution in [-0.4, -0.2) is 53.7 Å². The monoisotopic (exact) mass is 547 g/mol. The number of halogens is 3. The molecule has 1 N–H and O–H groups in total. The van der Waals surface area contributed by atoms with Crippen molar-refractivity contribution >= 4 is 16.7 Å². The van der Waals surface area contributed by atoms with E-state index < -0.39 is 6.36 Å². The fourth-order valence-corrected chi connectivity index (χ4v) is 5.07. The van der Waals surface area contributed by atoms with Crippen molar-refractivity contribution < 1.29 is 22.6 Å². The number of fused-ring (bicyclic) bond motifs is 2. The summed E-state index contributed by atoms with van der Waals surface area (Å²) in [5.74, 6) is -0.294. The van der Waals surface area contributed by atoms with Gasteiger partial charge in [0.1, 0.15) is 5.75 Å². The Morgan fingerprint density at radius 2 is 1.88 bits per heavy atom. The van der Waals surface area contributed by atoms with E-state index in [-0.39, 0.29) is 11.8 Å². The largest absolute Gasteiger partial charge is 0.573 e. The van der Waals surface area contributed by atoms with Crippen LogP contribution in [0.3, 0.4) is 0 Å². The fraction of sp³-hybridized carbons (Fsp3) is 0.267. The maximum absolute atomic E-state index is 13.0. The summed E-state index contributed by atoms with van der Waals surface area (Å²) >= 11 is 0. The summed E-state index contributed by atoms with van der Waals surface area (Å²) in [4.78, 5) is 12.1. The Bertz CT molecular complexity index is 1640. The van der Waals surface area contributed by atoms with E-state index in [4.69, 9.17) is 14.7 Å². The van der Waals surface area contributed by atoms with Crippen LogP contribution in [-0.2, 0) is 4.74 Å². The molecule has 206 valence electrons. The van der Waals surface area contributed by atoms with Gasteiger partial charge in [-0.05, 0) is 55.3 Å². The molecule has 0 aromatic heterocycles. The quantitative estimate of drug-likeness (QED) is 0.317. The molecule has 0 amide bonds. The molecule has 6 rings (SSSR count). The molecule has 0 bridgehead atoms. The van der Waals surface area contributed by atoms with Gasteiger partial charge in [-0.3, -0.25) is 4.99 Å². The molecular formula is C30H28F3N5O2. The third-order valence-corrected chi connectivity index (χ3v) is 6.85. The Balaban J connectivity index is 1.58. The van der Waals surface area contributed by atoms with Crippen molar-refractivity contribution in [3.05, 3.63) is 90.1 Å². The average Bonchev–Trinajstić information content (AvgIpc) is 2.92. The van der Waals surface area contributed by atoms with Crippen LogP contribution < -0.4 is 15.4 Å². The highest BCUT2D eigenvalue weighted by atomic mass is 19.4. The molecule has 0 saturated carbocycles. The minimum absolute atomic E-state index is 0.0932. The number of hydrogen-bond donors (Lipinski definition) is 1. The average molecular weight is 548 g/mol. The summed E-state index contributed by atoms with van der Waals surface area (Å²) in [6.45, 7) is 2.13. The summed E-state index contributed by atoms with van der Waals surface area (Å²) in [5, 5.41) is 4.26. The van der Waals surface area contributed by atoms with Gasteiger partial charge in [0.25, 0.3) is 0 Å². The number of ether oxygens (including phenoxy) is 2. The molecule has 40 heavy (non-hydrogen) atoms. The Labute approximate surface area is 229 Å². The highest BCUT2D eigenvalue weighted by Crippen LogP contribution is 2.32. The number of rotatable bonds is 5. The molecule has 1 fully saturated rings. The van der Waals surface area contributed by atoms with Crippen LogP contribution in [0.1, 0.15) is 12.8 Å². The van der Waals surface area contributed by atoms with Crippen molar-refractivity contribution in [2.24, 2.45) is 4.99 Å². The van der Waals surface area contributed by atoms with E-state index >= 15 is 0 Å². The molecule has 0 unspecified atom stereocenters. The van der Waals surface area contributed by atoms with Crippen molar-refractivity contribution in [2.75, 3.05) is 32.1 Å². The maximum Gasteiger partial charge on any atom is 0.573 e. The number of likely N-dealkylation sites (N-methyl/N-ethyl adjacent to an activating group) is 1. The number of alkyl halides is 3. The maximum atomic E-state index is 13.0. The van der Waals surface area contributed by atoms with Gasteiger partial charge in [-0.25, -0.2) is 4.98 Å². The van der Waals surface area contributed by atoms with Gasteiger partial charge in [0.05, 0.1) is 45.2 Å². The third kappa shape index (κ3) is 5.67. The first-order valence-corrected chi connectivity index (χ1v) is 13.1. The van der Waals surface area contributed by atoms with Gasteiger partial charge in [0.2, 0.25) is 0 Å². The number of para-hydroxylation sites is 2. The van der Waals surface area contributed by atoms with Gasteiger partial charge < -0.3 is 24.3 Å². The van der Waals surface area contributed by atoms with Crippen LogP contribution in [0, 0.1) is 0 Å². The van der Waals surface area contributed by atoms with Crippen molar-refractivity contribution in [3.8, 4) is 22.8 Å². The molecule has 0 spiro atoms. The summed E-state index contributed by atoms with van der Waals surface area (Å²) in [6.07, 6.45) is 2.98. The van der Waals surface area contributed by atoms with E-state index in [1.807, 2.05) is 60.3 Å². The summed E-state index contributed by atoms with van der Waals surface area (Å²) in [7, 11) is 2.01. The van der Waals surface area contributed by atoms with Gasteiger partial charge in [0.15, 0.2) is 0 Å². The van der Waals surface area contributed by atoms with Crippen molar-refractivity contribution in [3.63, 3.8) is 0 Å². The van der Waals surface area contributed by atoms with Crippen molar-refractivity contribution in [2.45, 2.75) is 25.2 Å². The second-order valence-corrected chi connectivity index (χ2v) is 9.86. The fourth-order valence-electron chi connectivity index (χ4n) is 5.07. The summed E-state index contributed by atoms with van der Waals surface area (Å²) in [5.41, 5.74) is 5.07. The number of hydrogen-bond acceptors (Lipinski definition) is 6. The molecule has 0 radical (unpaired) electrons. The molecule has 2 aromatic carbocycles. The smallest absolute Gasteiger partial charge is 0.406 e. The lowest BCUT2D eigenvalue weighted by atomic mass is 10.1. The Hall–Kier alpha value is -4.31. The number of nitrogens with one attached hydrogen (secondary N) is 1. The number of aromatic nitrogens is 2. The highest BCUT2D eigenvalue weighted by Gasteiger charge is 2.31. The topological polar surface area (TPSA) is 63.9 Å². The Kier molecular flexibility index (Phi) is 6.93. The Morgan fingerprint density at radius 1 is 1.05 bits per heavy atom. The molecule has 1 aliphatic carbocycles. The zero-order valence-electron chi connectivity index (χ0n) is 21.9. The predicted molar refractivity (Wildman–Crippen MR) is 147 cm³/mol. The van der Waals surface area contributed by atoms with Crippen LogP contribution in [0.4, 0.5) is 18.9 Å². The number of allylic oxidation sites excluding steroid dienone is 1. The zero-order chi connectivity index (χ0) is 27.7. The normalized spacial score (nSPS) is 16.9. The SMILES string of the molecule is CN1C=C(Nc2cc3nc4ccccc4n(-c4cccc(OC(F)(F)F)c4)c-3cc2=NC2CCOCC2)C=CC1. The first-order valence-electron chi connectivity index (χ1n) is 13.1. The lowest BCUT2D eigenvalue weighted by Gasteiger charge is -2.23. The van der Waals surface area contributed by atoms with Gasteiger partial charge >= 0.3 is 6.36 Å². The lowest BCUT2D eigenvalue weighted by molar-refractivity contribution is -0.274. The van der Waals surface area contributed by atoms with Crippen LogP contribution in [0.25, 0.3) is 28.1 Å². The second-order valence-electron chi connectivity index (χ2n) is 9.86. The van der Waals surface area contributed by atoms with E-state index in [1.165, 1.54) is 12.1 Å². The molecule has 4 aliphatic rings. The van der Waals surface area contributed by atoms with Crippen molar-refractivity contribution in [1.29, 1.82) is 0 Å². The molecule has 3 heterocycles. The number of benzene rings is 3.